The van der Waals surface area contributed by atoms with Crippen molar-refractivity contribution in [1.82, 2.24) is 4.90 Å². The summed E-state index contributed by atoms with van der Waals surface area (Å²) in [6.07, 6.45) is -2.66. The van der Waals surface area contributed by atoms with E-state index >= 15 is 0 Å². The van der Waals surface area contributed by atoms with Gasteiger partial charge in [-0.15, -0.1) is 0 Å². The molecule has 1 N–H and O–H groups in total. The third kappa shape index (κ3) is 5.00. The average molecular weight is 289 g/mol. The number of alkyl halides is 2. The minimum absolute atomic E-state index is 0.154. The summed E-state index contributed by atoms with van der Waals surface area (Å²) < 4.78 is 34.9. The Balaban J connectivity index is 2.60. The molecular weight excluding hydrogens is 272 g/mol. The zero-order valence-corrected chi connectivity index (χ0v) is 11.1. The molecule has 0 heterocycles. The monoisotopic (exact) mass is 289 g/mol. The third-order valence-electron chi connectivity index (χ3n) is 2.50. The number of methoxy groups -OCH3 is 1. The Morgan fingerprint density at radius 2 is 2.00 bits per heavy atom. The number of nitrogens with zero attached hydrogens (tertiary/aromatic N) is 1. The van der Waals surface area contributed by atoms with Gasteiger partial charge in [0.2, 0.25) is 0 Å². The summed E-state index contributed by atoms with van der Waals surface area (Å²) in [6, 6.07) is 6.70. The molecule has 0 bridgehead atoms. The predicted octanol–water partition coefficient (Wildman–Crippen LogP) is 1.16. The van der Waals surface area contributed by atoms with E-state index in [-0.39, 0.29) is 13.2 Å². The van der Waals surface area contributed by atoms with Crippen molar-refractivity contribution in [2.24, 2.45) is 0 Å². The van der Waals surface area contributed by atoms with Crippen LogP contribution in [0.5, 0.6) is 11.5 Å². The molecule has 1 rings (SSSR count). The number of benzene rings is 1. The number of amides is 1. The minimum Gasteiger partial charge on any atom is -0.493 e. The molecule has 0 aliphatic rings. The van der Waals surface area contributed by atoms with Crippen LogP contribution in [0.2, 0.25) is 0 Å². The smallest absolute Gasteiger partial charge is 0.260 e. The molecule has 5 nitrogen and oxygen atoms in total. The number of aliphatic hydroxyl groups is 1. The van der Waals surface area contributed by atoms with Gasteiger partial charge in [0.05, 0.1) is 20.3 Å². The highest BCUT2D eigenvalue weighted by atomic mass is 19.3. The third-order valence-corrected chi connectivity index (χ3v) is 2.50. The van der Waals surface area contributed by atoms with E-state index in [4.69, 9.17) is 14.6 Å². The summed E-state index contributed by atoms with van der Waals surface area (Å²) in [5, 5.41) is 8.77. The number of para-hydroxylation sites is 2. The molecule has 0 aliphatic heterocycles. The summed E-state index contributed by atoms with van der Waals surface area (Å²) in [5.74, 6) is 0.178. The maximum Gasteiger partial charge on any atom is 0.260 e. The van der Waals surface area contributed by atoms with E-state index in [0.717, 1.165) is 4.90 Å². The molecule has 1 amide bonds. The molecule has 7 heteroatoms. The van der Waals surface area contributed by atoms with Crippen molar-refractivity contribution < 1.29 is 28.2 Å². The van der Waals surface area contributed by atoms with Crippen molar-refractivity contribution in [2.45, 2.75) is 6.43 Å². The Kier molecular flexibility index (Phi) is 6.72. The summed E-state index contributed by atoms with van der Waals surface area (Å²) >= 11 is 0. The van der Waals surface area contributed by atoms with E-state index in [0.29, 0.717) is 11.5 Å². The van der Waals surface area contributed by atoms with Gasteiger partial charge in [0.1, 0.15) is 0 Å². The summed E-state index contributed by atoms with van der Waals surface area (Å²) in [7, 11) is 1.46. The van der Waals surface area contributed by atoms with Crippen molar-refractivity contribution >= 4 is 5.91 Å². The van der Waals surface area contributed by atoms with Crippen molar-refractivity contribution in [2.75, 3.05) is 33.4 Å². The largest absolute Gasteiger partial charge is 0.493 e. The van der Waals surface area contributed by atoms with E-state index in [1.54, 1.807) is 24.3 Å². The van der Waals surface area contributed by atoms with Crippen LogP contribution in [0.15, 0.2) is 24.3 Å². The van der Waals surface area contributed by atoms with Crippen LogP contribution in [-0.2, 0) is 4.79 Å². The van der Waals surface area contributed by atoms with Gasteiger partial charge in [-0.2, -0.15) is 0 Å². The van der Waals surface area contributed by atoms with E-state index < -0.39 is 25.5 Å². The number of rotatable bonds is 8. The molecule has 112 valence electrons. The molecule has 1 aromatic carbocycles. The van der Waals surface area contributed by atoms with Crippen molar-refractivity contribution in [3.05, 3.63) is 24.3 Å². The van der Waals surface area contributed by atoms with Crippen LogP contribution in [-0.4, -0.2) is 55.8 Å². The second-order valence-corrected chi connectivity index (χ2v) is 3.89. The van der Waals surface area contributed by atoms with Gasteiger partial charge in [0, 0.05) is 6.54 Å². The lowest BCUT2D eigenvalue weighted by Crippen LogP contribution is -2.40. The topological polar surface area (TPSA) is 59.0 Å². The summed E-state index contributed by atoms with van der Waals surface area (Å²) in [6.45, 7) is -1.66. The normalized spacial score (nSPS) is 10.4. The van der Waals surface area contributed by atoms with E-state index in [1.807, 2.05) is 0 Å². The van der Waals surface area contributed by atoms with E-state index in [2.05, 4.69) is 0 Å². The lowest BCUT2D eigenvalue weighted by molar-refractivity contribution is -0.135. The molecule has 1 aromatic rings. The van der Waals surface area contributed by atoms with Gasteiger partial charge in [-0.25, -0.2) is 8.78 Å². The molecule has 0 aromatic heterocycles. The van der Waals surface area contributed by atoms with Gasteiger partial charge in [-0.1, -0.05) is 12.1 Å². The molecule has 0 unspecified atom stereocenters. The summed E-state index contributed by atoms with van der Waals surface area (Å²) in [4.78, 5) is 12.6. The Bertz CT molecular complexity index is 429. The van der Waals surface area contributed by atoms with Crippen LogP contribution in [0.4, 0.5) is 8.78 Å². The lowest BCUT2D eigenvalue weighted by atomic mass is 10.3. The van der Waals surface area contributed by atoms with E-state index in [1.165, 1.54) is 7.11 Å². The Labute approximate surface area is 115 Å². The molecular formula is C13H17F2NO4. The van der Waals surface area contributed by atoms with Crippen LogP contribution < -0.4 is 9.47 Å². The second kappa shape index (κ2) is 8.31. The van der Waals surface area contributed by atoms with Crippen LogP contribution >= 0.6 is 0 Å². The maximum absolute atomic E-state index is 12.3. The molecule has 0 aliphatic carbocycles. The molecule has 0 fully saturated rings. The highest BCUT2D eigenvalue weighted by Crippen LogP contribution is 2.25. The standard InChI is InChI=1S/C13H17F2NO4/c1-19-10-4-2-3-5-11(10)20-9-13(18)16(6-7-17)8-12(14)15/h2-5,12,17H,6-9H2,1H3. The number of hydrogen-bond donors (Lipinski definition) is 1. The molecule has 0 atom stereocenters. The first-order valence-corrected chi connectivity index (χ1v) is 6.01. The fraction of sp³-hybridized carbons (Fsp3) is 0.462. The molecule has 20 heavy (non-hydrogen) atoms. The minimum atomic E-state index is -2.66. The molecule has 0 radical (unpaired) electrons. The van der Waals surface area contributed by atoms with Gasteiger partial charge in [-0.05, 0) is 12.1 Å². The Morgan fingerprint density at radius 3 is 2.55 bits per heavy atom. The van der Waals surface area contributed by atoms with Crippen molar-refractivity contribution in [3.63, 3.8) is 0 Å². The van der Waals surface area contributed by atoms with Gasteiger partial charge in [0.15, 0.2) is 18.1 Å². The number of carbonyl (C=O) groups is 1. The van der Waals surface area contributed by atoms with Crippen LogP contribution in [0.3, 0.4) is 0 Å². The zero-order chi connectivity index (χ0) is 15.0. The zero-order valence-electron chi connectivity index (χ0n) is 11.1. The fourth-order valence-corrected chi connectivity index (χ4v) is 1.57. The van der Waals surface area contributed by atoms with Crippen molar-refractivity contribution in [3.8, 4) is 11.5 Å². The highest BCUT2D eigenvalue weighted by Gasteiger charge is 2.18. The summed E-state index contributed by atoms with van der Waals surface area (Å²) in [5.41, 5.74) is 0. The quantitative estimate of drug-likeness (QED) is 0.780. The van der Waals surface area contributed by atoms with Gasteiger partial charge < -0.3 is 19.5 Å². The second-order valence-electron chi connectivity index (χ2n) is 3.89. The van der Waals surface area contributed by atoms with E-state index in [9.17, 15) is 13.6 Å². The Morgan fingerprint density at radius 1 is 1.35 bits per heavy atom. The number of carbonyl (C=O) groups excluding carboxylic acids is 1. The predicted molar refractivity (Wildman–Crippen MR) is 68.2 cm³/mol. The fourth-order valence-electron chi connectivity index (χ4n) is 1.57. The number of halogens is 2. The highest BCUT2D eigenvalue weighted by molar-refractivity contribution is 5.77. The van der Waals surface area contributed by atoms with Crippen LogP contribution in [0.25, 0.3) is 0 Å². The SMILES string of the molecule is COc1ccccc1OCC(=O)N(CCO)CC(F)F. The van der Waals surface area contributed by atoms with Gasteiger partial charge >= 0.3 is 0 Å². The first-order valence-electron chi connectivity index (χ1n) is 6.01. The first-order chi connectivity index (χ1) is 9.58. The molecule has 0 saturated heterocycles. The van der Waals surface area contributed by atoms with Crippen LogP contribution in [0.1, 0.15) is 0 Å². The number of hydrogen-bond acceptors (Lipinski definition) is 4. The first kappa shape index (κ1) is 16.2. The maximum atomic E-state index is 12.3. The molecule has 0 saturated carbocycles. The van der Waals surface area contributed by atoms with Crippen LogP contribution in [0, 0.1) is 0 Å². The average Bonchev–Trinajstić information content (AvgIpc) is 2.44. The van der Waals surface area contributed by atoms with Gasteiger partial charge in [0.25, 0.3) is 12.3 Å². The van der Waals surface area contributed by atoms with Crippen molar-refractivity contribution in [1.29, 1.82) is 0 Å². The Hall–Kier alpha value is -1.89. The number of ether oxygens (including phenoxy) is 2. The van der Waals surface area contributed by atoms with Gasteiger partial charge in [-0.3, -0.25) is 4.79 Å². The lowest BCUT2D eigenvalue weighted by Gasteiger charge is -2.21. The molecule has 0 spiro atoms. The number of aliphatic hydroxyl groups excluding tert-OH is 1.